The van der Waals surface area contributed by atoms with Crippen molar-refractivity contribution >= 4 is 10.0 Å². The summed E-state index contributed by atoms with van der Waals surface area (Å²) in [7, 11) is -3.50. The Hall–Kier alpha value is -1.14. The maximum atomic E-state index is 11.9. The van der Waals surface area contributed by atoms with Crippen LogP contribution in [0, 0.1) is 11.8 Å². The van der Waals surface area contributed by atoms with E-state index in [1.54, 1.807) is 0 Å². The average molecular weight is 270 g/mol. The second-order valence-corrected chi connectivity index (χ2v) is 6.79. The van der Waals surface area contributed by atoms with Gasteiger partial charge in [0.15, 0.2) is 0 Å². The largest absolute Gasteiger partial charge is 0.328 e. The number of hydrogen-bond donors (Lipinski definition) is 2. The van der Waals surface area contributed by atoms with Crippen molar-refractivity contribution in [3.05, 3.63) is 28.7 Å². The van der Waals surface area contributed by atoms with Crippen molar-refractivity contribution < 1.29 is 8.42 Å². The first-order chi connectivity index (χ1) is 8.47. The first kappa shape index (κ1) is 13.3. The number of aromatic amines is 1. The van der Waals surface area contributed by atoms with E-state index in [0.29, 0.717) is 18.4 Å². The molecule has 100 valence electrons. The number of nitrogens with one attached hydrogen (secondary N) is 2. The summed E-state index contributed by atoms with van der Waals surface area (Å²) in [5.74, 6) is 1.12. The zero-order valence-electron chi connectivity index (χ0n) is 10.3. The van der Waals surface area contributed by atoms with Crippen LogP contribution in [0.4, 0.5) is 0 Å². The van der Waals surface area contributed by atoms with Gasteiger partial charge in [0.1, 0.15) is 0 Å². The van der Waals surface area contributed by atoms with E-state index in [9.17, 15) is 13.2 Å². The first-order valence-corrected chi connectivity index (χ1v) is 7.64. The molecule has 1 aromatic heterocycles. The first-order valence-electron chi connectivity index (χ1n) is 6.16. The zero-order valence-corrected chi connectivity index (χ0v) is 11.2. The molecule has 0 bridgehead atoms. The lowest BCUT2D eigenvalue weighted by Gasteiger charge is -2.11. The van der Waals surface area contributed by atoms with Crippen molar-refractivity contribution in [3.8, 4) is 0 Å². The molecular weight excluding hydrogens is 252 g/mol. The fraction of sp³-hybridized carbons (Fsp3) is 0.583. The highest BCUT2D eigenvalue weighted by Crippen LogP contribution is 2.29. The smallest absolute Gasteiger partial charge is 0.247 e. The molecule has 1 fully saturated rings. The van der Waals surface area contributed by atoms with Crippen LogP contribution in [0.15, 0.2) is 28.0 Å². The van der Waals surface area contributed by atoms with Gasteiger partial charge in [0.2, 0.25) is 15.6 Å². The van der Waals surface area contributed by atoms with Crippen LogP contribution >= 0.6 is 0 Å². The SMILES string of the molecule is CC1CCC(CNS(=O)(=O)c2ccc(=O)[nH]c2)C1. The van der Waals surface area contributed by atoms with Gasteiger partial charge in [0, 0.05) is 18.8 Å². The molecule has 6 heteroatoms. The molecule has 5 nitrogen and oxygen atoms in total. The Labute approximate surface area is 107 Å². The monoisotopic (exact) mass is 270 g/mol. The lowest BCUT2D eigenvalue weighted by Crippen LogP contribution is -2.29. The number of sulfonamides is 1. The maximum absolute atomic E-state index is 11.9. The van der Waals surface area contributed by atoms with Gasteiger partial charge in [-0.05, 0) is 30.7 Å². The normalized spacial score (nSPS) is 24.3. The number of hydrogen-bond acceptors (Lipinski definition) is 3. The Kier molecular flexibility index (Phi) is 3.87. The lowest BCUT2D eigenvalue weighted by atomic mass is 10.1. The molecule has 1 heterocycles. The molecule has 2 atom stereocenters. The third kappa shape index (κ3) is 3.20. The standard InChI is InChI=1S/C12H18N2O3S/c1-9-2-3-10(6-9)7-14-18(16,17)11-4-5-12(15)13-8-11/h4-5,8-10,14H,2-3,6-7H2,1H3,(H,13,15). The minimum Gasteiger partial charge on any atom is -0.328 e. The maximum Gasteiger partial charge on any atom is 0.247 e. The van der Waals surface area contributed by atoms with Crippen LogP contribution in [-0.4, -0.2) is 19.9 Å². The average Bonchev–Trinajstić information content (AvgIpc) is 2.73. The molecule has 2 unspecified atom stereocenters. The van der Waals surface area contributed by atoms with Gasteiger partial charge in [-0.25, -0.2) is 13.1 Å². The molecule has 18 heavy (non-hydrogen) atoms. The molecule has 2 N–H and O–H groups in total. The van der Waals surface area contributed by atoms with Gasteiger partial charge in [-0.3, -0.25) is 4.79 Å². The Morgan fingerprint density at radius 1 is 1.39 bits per heavy atom. The van der Waals surface area contributed by atoms with Crippen molar-refractivity contribution in [2.24, 2.45) is 11.8 Å². The van der Waals surface area contributed by atoms with E-state index in [0.717, 1.165) is 12.8 Å². The van der Waals surface area contributed by atoms with Crippen LogP contribution in [0.3, 0.4) is 0 Å². The molecule has 0 aromatic carbocycles. The molecule has 0 spiro atoms. The van der Waals surface area contributed by atoms with Crippen LogP contribution in [0.5, 0.6) is 0 Å². The molecular formula is C12H18N2O3S. The Balaban J connectivity index is 1.99. The topological polar surface area (TPSA) is 79.0 Å². The van der Waals surface area contributed by atoms with E-state index >= 15 is 0 Å². The van der Waals surface area contributed by atoms with Crippen molar-refractivity contribution in [1.82, 2.24) is 9.71 Å². The lowest BCUT2D eigenvalue weighted by molar-refractivity contribution is 0.498. The van der Waals surface area contributed by atoms with Gasteiger partial charge in [-0.2, -0.15) is 0 Å². The van der Waals surface area contributed by atoms with Crippen LogP contribution < -0.4 is 10.3 Å². The summed E-state index contributed by atoms with van der Waals surface area (Å²) >= 11 is 0. The second kappa shape index (κ2) is 5.24. The van der Waals surface area contributed by atoms with Gasteiger partial charge >= 0.3 is 0 Å². The van der Waals surface area contributed by atoms with E-state index in [4.69, 9.17) is 0 Å². The van der Waals surface area contributed by atoms with E-state index in [2.05, 4.69) is 16.6 Å². The Morgan fingerprint density at radius 3 is 2.72 bits per heavy atom. The third-order valence-electron chi connectivity index (χ3n) is 3.43. The minimum absolute atomic E-state index is 0.105. The van der Waals surface area contributed by atoms with Crippen LogP contribution in [0.1, 0.15) is 26.2 Å². The molecule has 2 rings (SSSR count). The van der Waals surface area contributed by atoms with Gasteiger partial charge in [-0.15, -0.1) is 0 Å². The van der Waals surface area contributed by atoms with Crippen LogP contribution in [0.25, 0.3) is 0 Å². The highest BCUT2D eigenvalue weighted by molar-refractivity contribution is 7.89. The van der Waals surface area contributed by atoms with Crippen molar-refractivity contribution in [3.63, 3.8) is 0 Å². The predicted octanol–water partition coefficient (Wildman–Crippen LogP) is 1.09. The summed E-state index contributed by atoms with van der Waals surface area (Å²) in [6, 6.07) is 2.53. The summed E-state index contributed by atoms with van der Waals surface area (Å²) in [5.41, 5.74) is -0.307. The number of pyridine rings is 1. The fourth-order valence-electron chi connectivity index (χ4n) is 2.38. The molecule has 0 amide bonds. The molecule has 1 aromatic rings. The summed E-state index contributed by atoms with van der Waals surface area (Å²) < 4.78 is 26.5. The van der Waals surface area contributed by atoms with E-state index in [-0.39, 0.29) is 10.5 Å². The molecule has 0 aliphatic heterocycles. The molecule has 1 saturated carbocycles. The zero-order chi connectivity index (χ0) is 13.2. The molecule has 0 radical (unpaired) electrons. The summed E-state index contributed by atoms with van der Waals surface area (Å²) in [4.78, 5) is 13.4. The van der Waals surface area contributed by atoms with Gasteiger partial charge < -0.3 is 4.98 Å². The Bertz CT molecular complexity index is 544. The summed E-state index contributed by atoms with van der Waals surface area (Å²) in [6.07, 6.45) is 4.55. The minimum atomic E-state index is -3.50. The van der Waals surface area contributed by atoms with Gasteiger partial charge in [0.25, 0.3) is 0 Å². The van der Waals surface area contributed by atoms with Gasteiger partial charge in [0.05, 0.1) is 4.90 Å². The van der Waals surface area contributed by atoms with Crippen molar-refractivity contribution in [2.45, 2.75) is 31.1 Å². The van der Waals surface area contributed by atoms with Crippen molar-refractivity contribution in [2.75, 3.05) is 6.54 Å². The number of aromatic nitrogens is 1. The van der Waals surface area contributed by atoms with Crippen LogP contribution in [0.2, 0.25) is 0 Å². The molecule has 1 aliphatic rings. The third-order valence-corrected chi connectivity index (χ3v) is 4.85. The summed E-state index contributed by atoms with van der Waals surface area (Å²) in [6.45, 7) is 2.67. The summed E-state index contributed by atoms with van der Waals surface area (Å²) in [5, 5.41) is 0. The van der Waals surface area contributed by atoms with Crippen molar-refractivity contribution in [1.29, 1.82) is 0 Å². The second-order valence-electron chi connectivity index (χ2n) is 5.02. The number of H-pyrrole nitrogens is 1. The highest BCUT2D eigenvalue weighted by Gasteiger charge is 2.23. The number of rotatable bonds is 4. The van der Waals surface area contributed by atoms with Gasteiger partial charge in [-0.1, -0.05) is 13.3 Å². The highest BCUT2D eigenvalue weighted by atomic mass is 32.2. The molecule has 0 saturated heterocycles. The molecule has 1 aliphatic carbocycles. The van der Waals surface area contributed by atoms with E-state index in [1.807, 2.05) is 0 Å². The van der Waals surface area contributed by atoms with E-state index < -0.39 is 10.0 Å². The van der Waals surface area contributed by atoms with Crippen LogP contribution in [-0.2, 0) is 10.0 Å². The Morgan fingerprint density at radius 2 is 2.17 bits per heavy atom. The quantitative estimate of drug-likeness (QED) is 0.859. The van der Waals surface area contributed by atoms with E-state index in [1.165, 1.54) is 24.8 Å². The fourth-order valence-corrected chi connectivity index (χ4v) is 3.47. The predicted molar refractivity (Wildman–Crippen MR) is 68.8 cm³/mol.